The summed E-state index contributed by atoms with van der Waals surface area (Å²) in [6.45, 7) is 3.82. The second-order valence-electron chi connectivity index (χ2n) is 5.89. The monoisotopic (exact) mass is 292 g/mol. The molecule has 7 heteroatoms. The van der Waals surface area contributed by atoms with Crippen molar-refractivity contribution in [3.8, 4) is 0 Å². The SMILES string of the molecule is CN(C(=O)CN(C)C(C)(C)CO)C1CCS(=O)(=O)C1. The Balaban J connectivity index is 2.59. The molecule has 1 N–H and O–H groups in total. The molecule has 1 rings (SSSR count). The largest absolute Gasteiger partial charge is 0.394 e. The van der Waals surface area contributed by atoms with Gasteiger partial charge in [-0.15, -0.1) is 0 Å². The molecule has 0 aromatic heterocycles. The van der Waals surface area contributed by atoms with Crippen molar-refractivity contribution in [3.05, 3.63) is 0 Å². The van der Waals surface area contributed by atoms with Gasteiger partial charge in [-0.3, -0.25) is 9.69 Å². The predicted octanol–water partition coefficient (Wildman–Crippen LogP) is -0.665. The van der Waals surface area contributed by atoms with Crippen LogP contribution in [0.5, 0.6) is 0 Å². The minimum Gasteiger partial charge on any atom is -0.394 e. The minimum absolute atomic E-state index is 0.0434. The number of carbonyl (C=O) groups is 1. The van der Waals surface area contributed by atoms with Gasteiger partial charge in [-0.1, -0.05) is 0 Å². The lowest BCUT2D eigenvalue weighted by Crippen LogP contribution is -2.50. The van der Waals surface area contributed by atoms with Crippen molar-refractivity contribution in [2.24, 2.45) is 0 Å². The second kappa shape index (κ2) is 5.76. The lowest BCUT2D eigenvalue weighted by atomic mass is 10.1. The molecule has 1 aliphatic rings. The van der Waals surface area contributed by atoms with Crippen LogP contribution in [-0.2, 0) is 14.6 Å². The first-order valence-corrected chi connectivity index (χ1v) is 8.19. The highest BCUT2D eigenvalue weighted by Gasteiger charge is 2.34. The van der Waals surface area contributed by atoms with Crippen LogP contribution in [-0.4, -0.2) is 79.6 Å². The maximum absolute atomic E-state index is 12.1. The summed E-state index contributed by atoms with van der Waals surface area (Å²) < 4.78 is 22.8. The third-order valence-corrected chi connectivity index (χ3v) is 5.69. The van der Waals surface area contributed by atoms with Crippen LogP contribution in [0, 0.1) is 0 Å². The Morgan fingerprint density at radius 3 is 2.37 bits per heavy atom. The lowest BCUT2D eigenvalue weighted by molar-refractivity contribution is -0.134. The van der Waals surface area contributed by atoms with E-state index in [1.807, 2.05) is 13.8 Å². The standard InChI is InChI=1S/C12H24N2O4S/c1-12(2,9-15)13(3)7-11(16)14(4)10-5-6-19(17,18)8-10/h10,15H,5-9H2,1-4H3. The summed E-state index contributed by atoms with van der Waals surface area (Å²) in [4.78, 5) is 15.4. The van der Waals surface area contributed by atoms with Gasteiger partial charge < -0.3 is 10.0 Å². The average Bonchev–Trinajstić information content (AvgIpc) is 2.68. The molecule has 0 aliphatic carbocycles. The van der Waals surface area contributed by atoms with E-state index < -0.39 is 15.4 Å². The molecule has 6 nitrogen and oxygen atoms in total. The Labute approximate surface area is 115 Å². The number of carbonyl (C=O) groups excluding carboxylic acids is 1. The topological polar surface area (TPSA) is 77.9 Å². The van der Waals surface area contributed by atoms with Crippen LogP contribution < -0.4 is 0 Å². The molecule has 1 aliphatic heterocycles. The Hall–Kier alpha value is -0.660. The fraction of sp³-hybridized carbons (Fsp3) is 0.917. The quantitative estimate of drug-likeness (QED) is 0.727. The van der Waals surface area contributed by atoms with E-state index >= 15 is 0 Å². The number of aliphatic hydroxyl groups excluding tert-OH is 1. The van der Waals surface area contributed by atoms with E-state index in [9.17, 15) is 18.3 Å². The smallest absolute Gasteiger partial charge is 0.236 e. The summed E-state index contributed by atoms with van der Waals surface area (Å²) in [7, 11) is 0.435. The van der Waals surface area contributed by atoms with Crippen molar-refractivity contribution in [2.45, 2.75) is 31.8 Å². The number of likely N-dealkylation sites (N-methyl/N-ethyl adjacent to an activating group) is 2. The van der Waals surface area contributed by atoms with Crippen LogP contribution in [0.4, 0.5) is 0 Å². The summed E-state index contributed by atoms with van der Waals surface area (Å²) in [5, 5.41) is 9.25. The van der Waals surface area contributed by atoms with Crippen molar-refractivity contribution in [3.63, 3.8) is 0 Å². The molecule has 1 saturated heterocycles. The van der Waals surface area contributed by atoms with Crippen LogP contribution in [0.2, 0.25) is 0 Å². The number of aliphatic hydroxyl groups is 1. The average molecular weight is 292 g/mol. The van der Waals surface area contributed by atoms with Gasteiger partial charge in [-0.2, -0.15) is 0 Å². The van der Waals surface area contributed by atoms with Crippen LogP contribution in [0.15, 0.2) is 0 Å². The molecule has 0 saturated carbocycles. The van der Waals surface area contributed by atoms with Crippen LogP contribution in [0.25, 0.3) is 0 Å². The van der Waals surface area contributed by atoms with E-state index in [1.54, 1.807) is 19.0 Å². The molecule has 1 heterocycles. The van der Waals surface area contributed by atoms with Gasteiger partial charge in [0.1, 0.15) is 0 Å². The number of sulfone groups is 1. The highest BCUT2D eigenvalue weighted by Crippen LogP contribution is 2.17. The third kappa shape index (κ3) is 4.15. The number of nitrogens with zero attached hydrogens (tertiary/aromatic N) is 2. The summed E-state index contributed by atoms with van der Waals surface area (Å²) in [6.07, 6.45) is 0.512. The number of hydrogen-bond acceptors (Lipinski definition) is 5. The molecule has 1 fully saturated rings. The van der Waals surface area contributed by atoms with Gasteiger partial charge in [0.2, 0.25) is 5.91 Å². The maximum Gasteiger partial charge on any atom is 0.236 e. The van der Waals surface area contributed by atoms with Crippen molar-refractivity contribution in [1.82, 2.24) is 9.80 Å². The fourth-order valence-electron chi connectivity index (χ4n) is 1.93. The van der Waals surface area contributed by atoms with Crippen molar-refractivity contribution in [2.75, 3.05) is 38.8 Å². The molecule has 112 valence electrons. The van der Waals surface area contributed by atoms with E-state index in [2.05, 4.69) is 0 Å². The van der Waals surface area contributed by atoms with E-state index in [4.69, 9.17) is 0 Å². The molecule has 1 amide bonds. The second-order valence-corrected chi connectivity index (χ2v) is 8.12. The lowest BCUT2D eigenvalue weighted by Gasteiger charge is -2.35. The van der Waals surface area contributed by atoms with Gasteiger partial charge >= 0.3 is 0 Å². The molecule has 0 radical (unpaired) electrons. The molecular formula is C12H24N2O4S. The van der Waals surface area contributed by atoms with Crippen LogP contribution in [0.1, 0.15) is 20.3 Å². The van der Waals surface area contributed by atoms with Gasteiger partial charge in [-0.05, 0) is 27.3 Å². The van der Waals surface area contributed by atoms with Gasteiger partial charge in [-0.25, -0.2) is 8.42 Å². The molecule has 0 spiro atoms. The van der Waals surface area contributed by atoms with Crippen molar-refractivity contribution >= 4 is 15.7 Å². The zero-order valence-corrected chi connectivity index (χ0v) is 12.9. The van der Waals surface area contributed by atoms with Crippen molar-refractivity contribution < 1.29 is 18.3 Å². The maximum atomic E-state index is 12.1. The zero-order chi connectivity index (χ0) is 14.8. The fourth-order valence-corrected chi connectivity index (χ4v) is 3.71. The van der Waals surface area contributed by atoms with E-state index in [1.165, 1.54) is 4.90 Å². The van der Waals surface area contributed by atoms with E-state index in [-0.39, 0.29) is 36.6 Å². The molecular weight excluding hydrogens is 268 g/mol. The van der Waals surface area contributed by atoms with Gasteiger partial charge in [0.25, 0.3) is 0 Å². The summed E-state index contributed by atoms with van der Waals surface area (Å²) >= 11 is 0. The minimum atomic E-state index is -2.98. The zero-order valence-electron chi connectivity index (χ0n) is 12.1. The van der Waals surface area contributed by atoms with Gasteiger partial charge in [0, 0.05) is 18.6 Å². The summed E-state index contributed by atoms with van der Waals surface area (Å²) in [5.74, 6) is 0.0985. The van der Waals surface area contributed by atoms with Crippen LogP contribution in [0.3, 0.4) is 0 Å². The Morgan fingerprint density at radius 1 is 1.37 bits per heavy atom. The third-order valence-electron chi connectivity index (χ3n) is 3.94. The summed E-state index contributed by atoms with van der Waals surface area (Å²) in [5.41, 5.74) is -0.474. The highest BCUT2D eigenvalue weighted by molar-refractivity contribution is 7.91. The first-order chi connectivity index (χ1) is 8.59. The van der Waals surface area contributed by atoms with Crippen molar-refractivity contribution in [1.29, 1.82) is 0 Å². The number of rotatable bonds is 5. The molecule has 1 atom stereocenters. The Bertz CT molecular complexity index is 433. The van der Waals surface area contributed by atoms with E-state index in [0.29, 0.717) is 6.42 Å². The Morgan fingerprint density at radius 2 is 1.95 bits per heavy atom. The summed E-state index contributed by atoms with van der Waals surface area (Å²) in [6, 6.07) is -0.219. The molecule has 0 bridgehead atoms. The molecule has 0 aromatic rings. The first-order valence-electron chi connectivity index (χ1n) is 6.37. The van der Waals surface area contributed by atoms with Gasteiger partial charge in [0.15, 0.2) is 9.84 Å². The normalized spacial score (nSPS) is 22.7. The predicted molar refractivity (Wildman–Crippen MR) is 73.6 cm³/mol. The number of hydrogen-bond donors (Lipinski definition) is 1. The highest BCUT2D eigenvalue weighted by atomic mass is 32.2. The van der Waals surface area contributed by atoms with Gasteiger partial charge in [0.05, 0.1) is 24.7 Å². The van der Waals surface area contributed by atoms with Crippen LogP contribution >= 0.6 is 0 Å². The Kier molecular flexibility index (Phi) is 4.97. The number of amides is 1. The first kappa shape index (κ1) is 16.4. The molecule has 1 unspecified atom stereocenters. The van der Waals surface area contributed by atoms with E-state index in [0.717, 1.165) is 0 Å². The molecule has 19 heavy (non-hydrogen) atoms. The molecule has 0 aromatic carbocycles.